The maximum absolute atomic E-state index is 14.4. The van der Waals surface area contributed by atoms with Gasteiger partial charge in [-0.1, -0.05) is 73.5 Å². The quantitative estimate of drug-likeness (QED) is 0.393. The second-order valence-electron chi connectivity index (χ2n) is 12.0. The van der Waals surface area contributed by atoms with Gasteiger partial charge in [-0.3, -0.25) is 4.79 Å². The van der Waals surface area contributed by atoms with E-state index in [1.807, 2.05) is 65.2 Å². The van der Waals surface area contributed by atoms with Crippen molar-refractivity contribution < 1.29 is 24.5 Å². The Morgan fingerprint density at radius 3 is 2.38 bits per heavy atom. The van der Waals surface area contributed by atoms with Crippen LogP contribution in [0.4, 0.5) is 4.79 Å². The van der Waals surface area contributed by atoms with Crippen LogP contribution in [0.3, 0.4) is 0 Å². The number of aliphatic hydroxyl groups is 1. The molecule has 222 valence electrons. The van der Waals surface area contributed by atoms with Gasteiger partial charge in [-0.15, -0.1) is 0 Å². The van der Waals surface area contributed by atoms with Crippen LogP contribution >= 0.6 is 0 Å². The number of rotatable bonds is 8. The second kappa shape index (κ2) is 12.3. The van der Waals surface area contributed by atoms with E-state index in [1.54, 1.807) is 11.2 Å². The Kier molecular flexibility index (Phi) is 8.31. The number of amides is 2. The van der Waals surface area contributed by atoms with Crippen molar-refractivity contribution in [1.82, 2.24) is 19.4 Å². The summed E-state index contributed by atoms with van der Waals surface area (Å²) in [5.74, 6) is -0.219. The molecule has 2 heterocycles. The van der Waals surface area contributed by atoms with Crippen LogP contribution < -0.4 is 0 Å². The first-order valence-electron chi connectivity index (χ1n) is 15.2. The molecule has 3 atom stereocenters. The van der Waals surface area contributed by atoms with Crippen LogP contribution in [0, 0.1) is 0 Å². The van der Waals surface area contributed by atoms with E-state index in [0.29, 0.717) is 24.2 Å². The van der Waals surface area contributed by atoms with Gasteiger partial charge >= 0.3 is 6.09 Å². The molecular formula is C33H40N4O5. The van der Waals surface area contributed by atoms with E-state index in [1.165, 1.54) is 11.3 Å². The third-order valence-electron chi connectivity index (χ3n) is 9.29. The first-order valence-corrected chi connectivity index (χ1v) is 15.2. The van der Waals surface area contributed by atoms with Crippen molar-refractivity contribution >= 4 is 12.0 Å². The molecule has 2 saturated carbocycles. The minimum Gasteiger partial charge on any atom is -0.465 e. The normalized spacial score (nSPS) is 24.8. The van der Waals surface area contributed by atoms with Gasteiger partial charge in [0.05, 0.1) is 36.8 Å². The lowest BCUT2D eigenvalue weighted by Gasteiger charge is -2.42. The summed E-state index contributed by atoms with van der Waals surface area (Å²) in [6.45, 7) is 1.04. The first kappa shape index (κ1) is 28.4. The lowest BCUT2D eigenvalue weighted by Crippen LogP contribution is -2.57. The van der Waals surface area contributed by atoms with E-state index >= 15 is 0 Å². The summed E-state index contributed by atoms with van der Waals surface area (Å²) in [5, 5.41) is 21.7. The Bertz CT molecular complexity index is 1380. The number of carbonyl (C=O) groups is 2. The van der Waals surface area contributed by atoms with Crippen molar-refractivity contribution in [2.45, 2.75) is 75.2 Å². The van der Waals surface area contributed by atoms with Crippen LogP contribution in [0.2, 0.25) is 0 Å². The Hall–Kier alpha value is -3.69. The summed E-state index contributed by atoms with van der Waals surface area (Å²) >= 11 is 0. The smallest absolute Gasteiger partial charge is 0.407 e. The molecule has 2 amide bonds. The van der Waals surface area contributed by atoms with Crippen LogP contribution in [-0.4, -0.2) is 85.6 Å². The molecule has 6 rings (SSSR count). The van der Waals surface area contributed by atoms with Crippen molar-refractivity contribution in [2.24, 2.45) is 0 Å². The molecule has 3 fully saturated rings. The molecule has 3 aromatic rings. The number of aromatic nitrogens is 2. The number of carbonyl (C=O) groups excluding carboxylic acids is 1. The second-order valence-corrected chi connectivity index (χ2v) is 12.0. The highest BCUT2D eigenvalue weighted by Crippen LogP contribution is 2.42. The van der Waals surface area contributed by atoms with Gasteiger partial charge in [-0.05, 0) is 44.1 Å². The molecule has 0 radical (unpaired) electrons. The van der Waals surface area contributed by atoms with E-state index in [0.717, 1.165) is 43.2 Å². The minimum absolute atomic E-state index is 0.219. The summed E-state index contributed by atoms with van der Waals surface area (Å²) in [7, 11) is 0. The average molecular weight is 573 g/mol. The van der Waals surface area contributed by atoms with E-state index in [4.69, 9.17) is 9.72 Å². The third-order valence-corrected chi connectivity index (χ3v) is 9.29. The van der Waals surface area contributed by atoms with Gasteiger partial charge in [-0.2, -0.15) is 0 Å². The molecule has 9 nitrogen and oxygen atoms in total. The molecular weight excluding hydrogens is 532 g/mol. The Balaban J connectivity index is 1.35. The zero-order valence-corrected chi connectivity index (χ0v) is 24.0. The maximum atomic E-state index is 14.4. The third kappa shape index (κ3) is 5.80. The van der Waals surface area contributed by atoms with Crippen LogP contribution in [-0.2, 0) is 11.2 Å². The van der Waals surface area contributed by atoms with Crippen LogP contribution in [0.5, 0.6) is 0 Å². The Morgan fingerprint density at radius 1 is 0.952 bits per heavy atom. The molecule has 2 unspecified atom stereocenters. The Morgan fingerprint density at radius 2 is 1.69 bits per heavy atom. The van der Waals surface area contributed by atoms with Gasteiger partial charge in [0.1, 0.15) is 5.60 Å². The van der Waals surface area contributed by atoms with Gasteiger partial charge in [0.25, 0.3) is 5.91 Å². The molecule has 2 N–H and O–H groups in total. The van der Waals surface area contributed by atoms with E-state index in [2.05, 4.69) is 0 Å². The van der Waals surface area contributed by atoms with Gasteiger partial charge in [0, 0.05) is 25.2 Å². The molecule has 0 spiro atoms. The minimum atomic E-state index is -1.05. The van der Waals surface area contributed by atoms with Crippen molar-refractivity contribution in [3.8, 4) is 11.3 Å². The number of piperazine rings is 1. The van der Waals surface area contributed by atoms with E-state index in [9.17, 15) is 19.8 Å². The maximum Gasteiger partial charge on any atom is 0.407 e. The number of hydrogen-bond acceptors (Lipinski definition) is 5. The SMILES string of the molecule is O=C(O)N1CCN(C(=O)c2ncn(C3CCCCC3(O)COC3CCC3)c2-c2ccccc2)[C@H](Cc2ccccc2)C1. The zero-order chi connectivity index (χ0) is 29.1. The number of benzene rings is 2. The fourth-order valence-electron chi connectivity index (χ4n) is 6.70. The lowest BCUT2D eigenvalue weighted by molar-refractivity contribution is -0.129. The van der Waals surface area contributed by atoms with Crippen molar-refractivity contribution in [3.05, 3.63) is 78.2 Å². The fraction of sp³-hybridized carbons (Fsp3) is 0.485. The summed E-state index contributed by atoms with van der Waals surface area (Å²) in [4.78, 5) is 34.1. The largest absolute Gasteiger partial charge is 0.465 e. The van der Waals surface area contributed by atoms with Crippen molar-refractivity contribution in [1.29, 1.82) is 0 Å². The van der Waals surface area contributed by atoms with Crippen LogP contribution in [0.1, 0.15) is 67.0 Å². The molecule has 3 aliphatic rings. The van der Waals surface area contributed by atoms with Gasteiger partial charge in [0.15, 0.2) is 5.69 Å². The van der Waals surface area contributed by atoms with Crippen molar-refractivity contribution in [2.75, 3.05) is 26.2 Å². The topological polar surface area (TPSA) is 108 Å². The molecule has 2 aliphatic carbocycles. The number of imidazole rings is 1. The first-order chi connectivity index (χ1) is 20.4. The van der Waals surface area contributed by atoms with Gasteiger partial charge in [0.2, 0.25) is 0 Å². The monoisotopic (exact) mass is 572 g/mol. The van der Waals surface area contributed by atoms with Crippen LogP contribution in [0.15, 0.2) is 67.0 Å². The number of hydrogen-bond donors (Lipinski definition) is 2. The highest BCUT2D eigenvalue weighted by Gasteiger charge is 2.43. The van der Waals surface area contributed by atoms with Crippen LogP contribution in [0.25, 0.3) is 11.3 Å². The zero-order valence-electron chi connectivity index (χ0n) is 24.0. The number of carboxylic acid groups (broad SMARTS) is 1. The van der Waals surface area contributed by atoms with E-state index in [-0.39, 0.29) is 50.3 Å². The molecule has 1 saturated heterocycles. The summed E-state index contributed by atoms with van der Waals surface area (Å²) in [6.07, 6.45) is 8.05. The van der Waals surface area contributed by atoms with Gasteiger partial charge in [-0.25, -0.2) is 9.78 Å². The standard InChI is InChI=1S/C33H40N4O5/c38-31(36-19-18-35(32(39)40)21-26(36)20-24-10-3-1-4-11-24)29-30(25-12-5-2-6-13-25)37(23-34-29)28-16-7-8-17-33(28,41)22-42-27-14-9-15-27/h1-6,10-13,23,26-28,41H,7-9,14-22H2,(H,39,40)/t26-,28?,33?/m1/s1. The van der Waals surface area contributed by atoms with Gasteiger partial charge < -0.3 is 29.3 Å². The molecule has 9 heteroatoms. The number of ether oxygens (including phenoxy) is 1. The summed E-state index contributed by atoms with van der Waals surface area (Å²) < 4.78 is 8.16. The molecule has 42 heavy (non-hydrogen) atoms. The highest BCUT2D eigenvalue weighted by molar-refractivity contribution is 5.98. The summed E-state index contributed by atoms with van der Waals surface area (Å²) in [5.41, 5.74) is 1.86. The lowest BCUT2D eigenvalue weighted by atomic mass is 9.80. The number of nitrogens with zero attached hydrogens (tertiary/aromatic N) is 4. The van der Waals surface area contributed by atoms with E-state index < -0.39 is 11.7 Å². The fourth-order valence-corrected chi connectivity index (χ4v) is 6.70. The molecule has 2 aromatic carbocycles. The predicted octanol–water partition coefficient (Wildman–Crippen LogP) is 5.01. The summed E-state index contributed by atoms with van der Waals surface area (Å²) in [6, 6.07) is 19.0. The predicted molar refractivity (Wildman–Crippen MR) is 158 cm³/mol. The molecule has 1 aromatic heterocycles. The molecule has 1 aliphatic heterocycles. The van der Waals surface area contributed by atoms with Crippen molar-refractivity contribution in [3.63, 3.8) is 0 Å². The molecule has 0 bridgehead atoms. The Labute approximate surface area is 246 Å². The average Bonchev–Trinajstić information content (AvgIpc) is 3.42. The highest BCUT2D eigenvalue weighted by atomic mass is 16.5.